The molecule has 0 aliphatic carbocycles. The highest BCUT2D eigenvalue weighted by Gasteiger charge is 2.26. The van der Waals surface area contributed by atoms with Crippen LogP contribution in [0.4, 0.5) is 5.69 Å². The molecule has 1 heterocycles. The Kier molecular flexibility index (Phi) is 6.73. The van der Waals surface area contributed by atoms with Crippen LogP contribution in [0, 0.1) is 10.1 Å². The molecule has 1 aromatic heterocycles. The second-order valence-corrected chi connectivity index (χ2v) is 5.14. The molecule has 28 heavy (non-hydrogen) atoms. The van der Waals surface area contributed by atoms with Crippen LogP contribution in [0.25, 0.3) is 10.9 Å². The van der Waals surface area contributed by atoms with Crippen LogP contribution < -0.4 is 9.47 Å². The minimum atomic E-state index is -0.767. The number of nitro groups is 1. The van der Waals surface area contributed by atoms with Crippen molar-refractivity contribution in [2.24, 2.45) is 0 Å². The van der Waals surface area contributed by atoms with E-state index in [9.17, 15) is 24.5 Å². The Morgan fingerprint density at radius 3 is 2.36 bits per heavy atom. The summed E-state index contributed by atoms with van der Waals surface area (Å²) in [6, 6.07) is 1.07. The third kappa shape index (κ3) is 4.47. The van der Waals surface area contributed by atoms with Crippen LogP contribution in [0.3, 0.4) is 0 Å². The predicted octanol–water partition coefficient (Wildman–Crippen LogP) is 0.383. The summed E-state index contributed by atoms with van der Waals surface area (Å²) in [6.07, 6.45) is 1.31. The van der Waals surface area contributed by atoms with E-state index in [4.69, 9.17) is 9.47 Å². The van der Waals surface area contributed by atoms with Gasteiger partial charge in [0.2, 0.25) is 11.6 Å². The number of fused-ring (bicyclic) bond motifs is 1. The van der Waals surface area contributed by atoms with Gasteiger partial charge in [0.05, 0.1) is 30.0 Å². The zero-order chi connectivity index (χ0) is 20.7. The molecule has 0 aliphatic heterocycles. The Morgan fingerprint density at radius 2 is 1.79 bits per heavy atom. The first kappa shape index (κ1) is 20.5. The Labute approximate surface area is 157 Å². The molecule has 148 valence electrons. The number of nitrogens with zero attached hydrogens (tertiary/aromatic N) is 3. The first-order chi connectivity index (χ1) is 13.4. The summed E-state index contributed by atoms with van der Waals surface area (Å²) in [5.41, 5.74) is -0.341. The van der Waals surface area contributed by atoms with Gasteiger partial charge in [-0.1, -0.05) is 0 Å². The van der Waals surface area contributed by atoms with Crippen molar-refractivity contribution in [3.63, 3.8) is 0 Å². The number of ether oxygens (including phenoxy) is 4. The van der Waals surface area contributed by atoms with Gasteiger partial charge in [0.1, 0.15) is 12.6 Å². The van der Waals surface area contributed by atoms with E-state index in [0.717, 1.165) is 19.5 Å². The summed E-state index contributed by atoms with van der Waals surface area (Å²) in [6.45, 7) is -1.09. The van der Waals surface area contributed by atoms with Crippen LogP contribution in [0.2, 0.25) is 0 Å². The smallest absolute Gasteiger partial charge is 0.343 e. The molecule has 12 heteroatoms. The van der Waals surface area contributed by atoms with E-state index >= 15 is 0 Å². The summed E-state index contributed by atoms with van der Waals surface area (Å²) >= 11 is 0. The van der Waals surface area contributed by atoms with Crippen LogP contribution in [-0.2, 0) is 30.3 Å². The van der Waals surface area contributed by atoms with Crippen molar-refractivity contribution >= 4 is 34.8 Å². The molecule has 2 aromatic rings. The third-order valence-corrected chi connectivity index (χ3v) is 3.52. The minimum Gasteiger partial charge on any atom is -0.475 e. The van der Waals surface area contributed by atoms with Crippen molar-refractivity contribution < 1.29 is 38.3 Å². The van der Waals surface area contributed by atoms with E-state index in [2.05, 4.69) is 19.4 Å². The number of carbonyl (C=O) groups excluding carboxylic acids is 3. The number of aromatic nitrogens is 2. The van der Waals surface area contributed by atoms with Gasteiger partial charge in [-0.05, 0) is 0 Å². The maximum Gasteiger partial charge on any atom is 0.343 e. The molecule has 0 unspecified atom stereocenters. The van der Waals surface area contributed by atoms with Gasteiger partial charge in [-0.2, -0.15) is 0 Å². The normalized spacial score (nSPS) is 10.2. The molecule has 0 atom stereocenters. The average molecular weight is 393 g/mol. The number of rotatable bonds is 9. The molecule has 0 radical (unpaired) electrons. The van der Waals surface area contributed by atoms with E-state index in [1.165, 1.54) is 7.11 Å². The Hall–Kier alpha value is -3.83. The van der Waals surface area contributed by atoms with E-state index in [1.54, 1.807) is 0 Å². The highest BCUT2D eigenvalue weighted by atomic mass is 16.6. The van der Waals surface area contributed by atoms with Gasteiger partial charge in [-0.3, -0.25) is 10.1 Å². The van der Waals surface area contributed by atoms with Crippen molar-refractivity contribution in [3.05, 3.63) is 28.1 Å². The monoisotopic (exact) mass is 393 g/mol. The van der Waals surface area contributed by atoms with Crippen LogP contribution in [-0.4, -0.2) is 60.5 Å². The topological polar surface area (TPSA) is 157 Å². The fourth-order valence-electron chi connectivity index (χ4n) is 2.28. The predicted molar refractivity (Wildman–Crippen MR) is 91.0 cm³/mol. The second kappa shape index (κ2) is 9.21. The lowest BCUT2D eigenvalue weighted by atomic mass is 10.0. The van der Waals surface area contributed by atoms with Crippen molar-refractivity contribution in [2.75, 3.05) is 27.4 Å². The number of hydrogen-bond donors (Lipinski definition) is 0. The Balaban J connectivity index is 2.64. The summed E-state index contributed by atoms with van der Waals surface area (Å²) in [5, 5.41) is 11.6. The fraction of sp³-hybridized carbons (Fsp3) is 0.312. The largest absolute Gasteiger partial charge is 0.475 e. The summed E-state index contributed by atoms with van der Waals surface area (Å²) in [5.74, 6) is -1.87. The molecule has 0 N–H and O–H groups in total. The van der Waals surface area contributed by atoms with Crippen LogP contribution in [0.5, 0.6) is 11.6 Å². The quantitative estimate of drug-likeness (QED) is 0.251. The molecule has 0 fully saturated rings. The van der Waals surface area contributed by atoms with Crippen molar-refractivity contribution in [1.82, 2.24) is 9.97 Å². The van der Waals surface area contributed by atoms with Crippen LogP contribution >= 0.6 is 0 Å². The van der Waals surface area contributed by atoms with Gasteiger partial charge in [0, 0.05) is 18.1 Å². The lowest BCUT2D eigenvalue weighted by Gasteiger charge is -2.13. The summed E-state index contributed by atoms with van der Waals surface area (Å²) < 4.78 is 19.4. The fourth-order valence-corrected chi connectivity index (χ4v) is 2.28. The molecule has 0 spiro atoms. The van der Waals surface area contributed by atoms with E-state index in [-0.39, 0.29) is 34.5 Å². The number of aldehydes is 1. The van der Waals surface area contributed by atoms with Gasteiger partial charge in [-0.25, -0.2) is 19.6 Å². The van der Waals surface area contributed by atoms with E-state index in [0.29, 0.717) is 6.29 Å². The number of nitro benzene ring substituents is 1. The maximum atomic E-state index is 11.5. The van der Waals surface area contributed by atoms with E-state index < -0.39 is 35.8 Å². The third-order valence-electron chi connectivity index (χ3n) is 3.52. The molecule has 1 aromatic carbocycles. The number of hydrogen-bond acceptors (Lipinski definition) is 11. The maximum absolute atomic E-state index is 11.5. The zero-order valence-corrected chi connectivity index (χ0v) is 14.9. The molecule has 0 bridgehead atoms. The Bertz CT molecular complexity index is 929. The minimum absolute atomic E-state index is 0.0634. The molecule has 12 nitrogen and oxygen atoms in total. The second-order valence-electron chi connectivity index (χ2n) is 5.14. The highest BCUT2D eigenvalue weighted by Crippen LogP contribution is 2.39. The first-order valence-electron chi connectivity index (χ1n) is 7.70. The SMILES string of the molecule is COC(=O)COc1c([N+](=O)[O-])cc2c(OCC(=O)OC)ncnc2c1CC=O. The standard InChI is InChI=1S/C16H15N3O9/c1-25-12(21)6-27-15-9(3-4-20)14-10(5-11(15)19(23)24)16(18-8-17-14)28-7-13(22)26-2/h4-5,8H,3,6-7H2,1-2H3. The first-order valence-corrected chi connectivity index (χ1v) is 7.70. The lowest BCUT2D eigenvalue weighted by molar-refractivity contribution is -0.385. The summed E-state index contributed by atoms with van der Waals surface area (Å²) in [7, 11) is 2.30. The molecule has 2 rings (SSSR count). The molecule has 0 amide bonds. The zero-order valence-electron chi connectivity index (χ0n) is 14.9. The van der Waals surface area contributed by atoms with Crippen LogP contribution in [0.1, 0.15) is 5.56 Å². The molecular formula is C16H15N3O9. The number of esters is 2. The van der Waals surface area contributed by atoms with Gasteiger partial charge < -0.3 is 23.7 Å². The van der Waals surface area contributed by atoms with Crippen molar-refractivity contribution in [2.45, 2.75) is 6.42 Å². The summed E-state index contributed by atoms with van der Waals surface area (Å²) in [4.78, 5) is 52.4. The van der Waals surface area contributed by atoms with Gasteiger partial charge in [-0.15, -0.1) is 0 Å². The molecule has 0 aliphatic rings. The van der Waals surface area contributed by atoms with Gasteiger partial charge in [0.15, 0.2) is 13.2 Å². The number of carbonyl (C=O) groups is 3. The van der Waals surface area contributed by atoms with E-state index in [1.807, 2.05) is 0 Å². The van der Waals surface area contributed by atoms with Gasteiger partial charge >= 0.3 is 17.6 Å². The average Bonchev–Trinajstić information content (AvgIpc) is 2.70. The molecule has 0 saturated carbocycles. The molecular weight excluding hydrogens is 378 g/mol. The molecule has 0 saturated heterocycles. The highest BCUT2D eigenvalue weighted by molar-refractivity contribution is 5.93. The van der Waals surface area contributed by atoms with Crippen molar-refractivity contribution in [3.8, 4) is 11.6 Å². The Morgan fingerprint density at radius 1 is 1.14 bits per heavy atom. The van der Waals surface area contributed by atoms with Crippen LogP contribution in [0.15, 0.2) is 12.4 Å². The lowest BCUT2D eigenvalue weighted by Crippen LogP contribution is -2.15. The number of methoxy groups -OCH3 is 2. The number of benzene rings is 1. The van der Waals surface area contributed by atoms with Gasteiger partial charge in [0.25, 0.3) is 0 Å². The van der Waals surface area contributed by atoms with Crippen molar-refractivity contribution in [1.29, 1.82) is 0 Å².